The van der Waals surface area contributed by atoms with Gasteiger partial charge in [-0.1, -0.05) is 19.0 Å². The Morgan fingerprint density at radius 2 is 2.03 bits per heavy atom. The lowest BCUT2D eigenvalue weighted by Gasteiger charge is -2.28. The predicted molar refractivity (Wildman–Crippen MR) is 125 cm³/mol. The molecule has 0 spiro atoms. The van der Waals surface area contributed by atoms with E-state index in [1.54, 1.807) is 19.9 Å². The van der Waals surface area contributed by atoms with Crippen LogP contribution in [0, 0.1) is 0 Å². The molecular formula is C22H38N4O6S. The Morgan fingerprint density at radius 3 is 2.67 bits per heavy atom. The third-order valence-corrected chi connectivity index (χ3v) is 7.50. The van der Waals surface area contributed by atoms with Gasteiger partial charge in [-0.3, -0.25) is 15.4 Å². The second-order valence-electron chi connectivity index (χ2n) is 10.3. The molecule has 0 radical (unpaired) electrons. The van der Waals surface area contributed by atoms with E-state index < -0.39 is 21.0 Å². The molecule has 33 heavy (non-hydrogen) atoms. The van der Waals surface area contributed by atoms with Crippen LogP contribution in [-0.4, -0.2) is 80.6 Å². The van der Waals surface area contributed by atoms with Crippen LogP contribution in [0.1, 0.15) is 59.1 Å². The molecule has 2 N–H and O–H groups in total. The van der Waals surface area contributed by atoms with Crippen molar-refractivity contribution in [2.24, 2.45) is 0 Å². The van der Waals surface area contributed by atoms with E-state index >= 15 is 0 Å². The summed E-state index contributed by atoms with van der Waals surface area (Å²) in [7, 11) is -3.23. The molecule has 2 fully saturated rings. The van der Waals surface area contributed by atoms with Crippen molar-refractivity contribution >= 4 is 21.8 Å². The summed E-state index contributed by atoms with van der Waals surface area (Å²) >= 11 is 0. The molecule has 10 nitrogen and oxygen atoms in total. The molecule has 188 valence electrons. The van der Waals surface area contributed by atoms with Gasteiger partial charge in [0.05, 0.1) is 36.8 Å². The number of aromatic nitrogens is 1. The fourth-order valence-corrected chi connectivity index (χ4v) is 4.99. The molecular weight excluding hydrogens is 448 g/mol. The Morgan fingerprint density at radius 1 is 1.27 bits per heavy atom. The highest BCUT2D eigenvalue weighted by atomic mass is 32.2. The van der Waals surface area contributed by atoms with Gasteiger partial charge in [0.15, 0.2) is 0 Å². The van der Waals surface area contributed by atoms with Crippen LogP contribution in [-0.2, 0) is 29.7 Å². The first-order valence-electron chi connectivity index (χ1n) is 11.6. The Balaban J connectivity index is 1.50. The lowest BCUT2D eigenvalue weighted by Crippen LogP contribution is -2.54. The molecule has 1 aromatic heterocycles. The van der Waals surface area contributed by atoms with Crippen LogP contribution < -0.4 is 10.6 Å². The maximum atomic E-state index is 12.9. The van der Waals surface area contributed by atoms with E-state index in [-0.39, 0.29) is 23.9 Å². The molecule has 2 atom stereocenters. The van der Waals surface area contributed by atoms with Crippen molar-refractivity contribution in [2.45, 2.75) is 76.5 Å². The maximum absolute atomic E-state index is 12.9. The number of carbonyl (C=O) groups is 1. The summed E-state index contributed by atoms with van der Waals surface area (Å²) in [5, 5.41) is 10.2. The molecule has 1 aromatic rings. The van der Waals surface area contributed by atoms with Gasteiger partial charge >= 0.3 is 0 Å². The van der Waals surface area contributed by atoms with Crippen molar-refractivity contribution in [3.63, 3.8) is 0 Å². The van der Waals surface area contributed by atoms with Gasteiger partial charge < -0.3 is 14.0 Å². The number of rotatable bonds is 10. The average molecular weight is 487 g/mol. The number of amides is 1. The maximum Gasteiger partial charge on any atom is 0.246 e. The second kappa shape index (κ2) is 10.4. The van der Waals surface area contributed by atoms with Gasteiger partial charge in [0, 0.05) is 37.2 Å². The lowest BCUT2D eigenvalue weighted by atomic mass is 9.90. The normalized spacial score (nSPS) is 23.1. The van der Waals surface area contributed by atoms with Gasteiger partial charge in [0.25, 0.3) is 0 Å². The molecule has 2 unspecified atom stereocenters. The standard InChI is InChI=1S/C22H38N4O6S/c1-21(2,15-30-14-17-8-6-7-11-31-17)18-12-19(32-25-18)23-20(27)22(3,4)24-16-9-10-26(13-16)33(5,28)29/h12,16-17,24H,6-11,13-15H2,1-5H3,(H,23,27). The molecule has 2 aliphatic rings. The number of hydrogen-bond acceptors (Lipinski definition) is 8. The van der Waals surface area contributed by atoms with E-state index in [0.717, 1.165) is 19.4 Å². The Labute approximate surface area is 196 Å². The van der Waals surface area contributed by atoms with Gasteiger partial charge in [-0.2, -0.15) is 0 Å². The van der Waals surface area contributed by atoms with Crippen molar-refractivity contribution in [3.8, 4) is 0 Å². The first kappa shape index (κ1) is 26.1. The average Bonchev–Trinajstić information content (AvgIpc) is 3.38. The van der Waals surface area contributed by atoms with Gasteiger partial charge in [0.1, 0.15) is 0 Å². The summed E-state index contributed by atoms with van der Waals surface area (Å²) in [6.07, 6.45) is 5.31. The van der Waals surface area contributed by atoms with Gasteiger partial charge in [-0.25, -0.2) is 12.7 Å². The van der Waals surface area contributed by atoms with E-state index in [9.17, 15) is 13.2 Å². The van der Waals surface area contributed by atoms with Crippen molar-refractivity contribution in [1.29, 1.82) is 0 Å². The quantitative estimate of drug-likeness (QED) is 0.514. The summed E-state index contributed by atoms with van der Waals surface area (Å²) in [6.45, 7) is 10.1. The molecule has 0 saturated carbocycles. The first-order valence-corrected chi connectivity index (χ1v) is 13.4. The van der Waals surface area contributed by atoms with E-state index in [1.807, 2.05) is 13.8 Å². The zero-order valence-electron chi connectivity index (χ0n) is 20.3. The minimum Gasteiger partial charge on any atom is -0.378 e. The first-order chi connectivity index (χ1) is 15.4. The molecule has 11 heteroatoms. The van der Waals surface area contributed by atoms with E-state index in [1.165, 1.54) is 17.0 Å². The third kappa shape index (κ3) is 7.22. The second-order valence-corrected chi connectivity index (χ2v) is 12.3. The van der Waals surface area contributed by atoms with Crippen molar-refractivity contribution in [3.05, 3.63) is 11.8 Å². The molecule has 3 heterocycles. The van der Waals surface area contributed by atoms with Crippen molar-refractivity contribution < 1.29 is 27.2 Å². The summed E-state index contributed by atoms with van der Waals surface area (Å²) < 4.78 is 41.9. The van der Waals surface area contributed by atoms with Gasteiger partial charge in [-0.15, -0.1) is 0 Å². The number of hydrogen-bond donors (Lipinski definition) is 2. The minimum absolute atomic E-state index is 0.102. The molecule has 0 aliphatic carbocycles. The fraction of sp³-hybridized carbons (Fsp3) is 0.818. The number of sulfonamides is 1. The van der Waals surface area contributed by atoms with Crippen LogP contribution in [0.15, 0.2) is 10.6 Å². The number of ether oxygens (including phenoxy) is 2. The fourth-order valence-electron chi connectivity index (χ4n) is 4.10. The van der Waals surface area contributed by atoms with Crippen LogP contribution in [0.5, 0.6) is 0 Å². The van der Waals surface area contributed by atoms with Crippen LogP contribution in [0.2, 0.25) is 0 Å². The summed E-state index contributed by atoms with van der Waals surface area (Å²) in [5.74, 6) is -0.0238. The van der Waals surface area contributed by atoms with Crippen LogP contribution >= 0.6 is 0 Å². The van der Waals surface area contributed by atoms with Crippen molar-refractivity contribution in [1.82, 2.24) is 14.8 Å². The zero-order valence-corrected chi connectivity index (χ0v) is 21.2. The topological polar surface area (TPSA) is 123 Å². The highest BCUT2D eigenvalue weighted by molar-refractivity contribution is 7.88. The summed E-state index contributed by atoms with van der Waals surface area (Å²) in [5.41, 5.74) is -0.634. The van der Waals surface area contributed by atoms with E-state index in [0.29, 0.717) is 38.4 Å². The Bertz CT molecular complexity index is 908. The monoisotopic (exact) mass is 486 g/mol. The number of anilines is 1. The minimum atomic E-state index is -3.23. The zero-order chi connectivity index (χ0) is 24.3. The lowest BCUT2D eigenvalue weighted by molar-refractivity contribution is -0.121. The SMILES string of the molecule is CC(C)(NC1CCN(S(C)(=O)=O)C1)C(=O)Nc1cc(C(C)(C)COCC2CCCCO2)no1. The molecule has 3 rings (SSSR count). The molecule has 1 amide bonds. The molecule has 0 aromatic carbocycles. The Hall–Kier alpha value is -1.53. The molecule has 2 aliphatic heterocycles. The predicted octanol–water partition coefficient (Wildman–Crippen LogP) is 1.88. The number of nitrogens with one attached hydrogen (secondary N) is 2. The third-order valence-electron chi connectivity index (χ3n) is 6.23. The van der Waals surface area contributed by atoms with E-state index in [2.05, 4.69) is 15.8 Å². The van der Waals surface area contributed by atoms with Crippen LogP contribution in [0.4, 0.5) is 5.88 Å². The van der Waals surface area contributed by atoms with Crippen molar-refractivity contribution in [2.75, 3.05) is 44.5 Å². The Kier molecular flexibility index (Phi) is 8.21. The highest BCUT2D eigenvalue weighted by Crippen LogP contribution is 2.26. The summed E-state index contributed by atoms with van der Waals surface area (Å²) in [4.78, 5) is 12.9. The van der Waals surface area contributed by atoms with Crippen LogP contribution in [0.3, 0.4) is 0 Å². The van der Waals surface area contributed by atoms with Gasteiger partial charge in [0.2, 0.25) is 21.8 Å². The smallest absolute Gasteiger partial charge is 0.246 e. The largest absolute Gasteiger partial charge is 0.378 e. The van der Waals surface area contributed by atoms with Gasteiger partial charge in [-0.05, 0) is 39.5 Å². The van der Waals surface area contributed by atoms with E-state index in [4.69, 9.17) is 14.0 Å². The van der Waals surface area contributed by atoms with Crippen LogP contribution in [0.25, 0.3) is 0 Å². The summed E-state index contributed by atoms with van der Waals surface area (Å²) in [6, 6.07) is 1.62. The highest BCUT2D eigenvalue weighted by Gasteiger charge is 2.36. The molecule has 2 saturated heterocycles. The molecule has 0 bridgehead atoms. The number of carbonyl (C=O) groups excluding carboxylic acids is 1. The number of nitrogens with zero attached hydrogens (tertiary/aromatic N) is 2.